The van der Waals surface area contributed by atoms with Gasteiger partial charge in [0.15, 0.2) is 0 Å². The van der Waals surface area contributed by atoms with E-state index < -0.39 is 0 Å². The van der Waals surface area contributed by atoms with Gasteiger partial charge in [0.25, 0.3) is 0 Å². The van der Waals surface area contributed by atoms with E-state index in [9.17, 15) is 0 Å². The van der Waals surface area contributed by atoms with Gasteiger partial charge in [-0.25, -0.2) is 0 Å². The van der Waals surface area contributed by atoms with Crippen LogP contribution in [0.2, 0.25) is 0 Å². The smallest absolute Gasteiger partial charge is 0.122 e. The zero-order valence-corrected chi connectivity index (χ0v) is 11.4. The number of methoxy groups -OCH3 is 1. The lowest BCUT2D eigenvalue weighted by Crippen LogP contribution is -2.25. The van der Waals surface area contributed by atoms with E-state index in [1.54, 1.807) is 7.11 Å². The second-order valence-corrected chi connectivity index (χ2v) is 5.06. The first-order valence-corrected chi connectivity index (χ1v) is 6.74. The fourth-order valence-electron chi connectivity index (χ4n) is 2.32. The van der Waals surface area contributed by atoms with Gasteiger partial charge in [-0.2, -0.15) is 0 Å². The fourth-order valence-corrected chi connectivity index (χ4v) is 2.32. The molecule has 1 unspecified atom stereocenters. The summed E-state index contributed by atoms with van der Waals surface area (Å²) in [5.74, 6) is 1.64. The lowest BCUT2D eigenvalue weighted by molar-refractivity contribution is 0.158. The first kappa shape index (κ1) is 13.4. The minimum absolute atomic E-state index is 0.573. The first-order valence-electron chi connectivity index (χ1n) is 6.74. The molecule has 1 aromatic rings. The summed E-state index contributed by atoms with van der Waals surface area (Å²) in [5, 5.41) is 3.47. The Labute approximate surface area is 109 Å². The van der Waals surface area contributed by atoms with Crippen molar-refractivity contribution in [3.05, 3.63) is 29.3 Å². The lowest BCUT2D eigenvalue weighted by atomic mass is 10.1. The van der Waals surface area contributed by atoms with E-state index in [4.69, 9.17) is 9.47 Å². The van der Waals surface area contributed by atoms with Crippen LogP contribution in [0.4, 0.5) is 0 Å². The maximum atomic E-state index is 5.51. The zero-order valence-electron chi connectivity index (χ0n) is 11.4. The van der Waals surface area contributed by atoms with E-state index in [-0.39, 0.29) is 0 Å². The van der Waals surface area contributed by atoms with Gasteiger partial charge in [-0.3, -0.25) is 0 Å². The Morgan fingerprint density at radius 2 is 2.33 bits per heavy atom. The summed E-state index contributed by atoms with van der Waals surface area (Å²) < 4.78 is 10.6. The van der Waals surface area contributed by atoms with Crippen LogP contribution in [0.1, 0.15) is 18.1 Å². The molecular formula is C15H23NO2. The van der Waals surface area contributed by atoms with Gasteiger partial charge in [0.05, 0.1) is 6.61 Å². The molecule has 1 heterocycles. The van der Waals surface area contributed by atoms with E-state index in [1.165, 1.54) is 11.1 Å². The molecule has 0 saturated heterocycles. The van der Waals surface area contributed by atoms with E-state index in [0.717, 1.165) is 44.9 Å². The number of fused-ring (bicyclic) bond motifs is 1. The molecule has 1 aliphatic rings. The maximum absolute atomic E-state index is 5.51. The molecule has 0 aliphatic carbocycles. The van der Waals surface area contributed by atoms with Crippen LogP contribution >= 0.6 is 0 Å². The quantitative estimate of drug-likeness (QED) is 0.750. The predicted octanol–water partition coefficient (Wildman–Crippen LogP) is 2.04. The van der Waals surface area contributed by atoms with Crippen molar-refractivity contribution in [1.82, 2.24) is 5.32 Å². The molecule has 1 N–H and O–H groups in total. The Kier molecular flexibility index (Phi) is 5.02. The van der Waals surface area contributed by atoms with Crippen LogP contribution in [0, 0.1) is 5.92 Å². The molecule has 0 saturated carbocycles. The Morgan fingerprint density at radius 3 is 3.17 bits per heavy atom. The van der Waals surface area contributed by atoms with Gasteiger partial charge >= 0.3 is 0 Å². The van der Waals surface area contributed by atoms with Crippen molar-refractivity contribution < 1.29 is 9.47 Å². The summed E-state index contributed by atoms with van der Waals surface area (Å²) in [6.45, 7) is 5.90. The normalized spacial score (nSPS) is 15.2. The molecule has 0 radical (unpaired) electrons. The van der Waals surface area contributed by atoms with Crippen molar-refractivity contribution in [2.75, 3.05) is 33.4 Å². The third kappa shape index (κ3) is 3.72. The van der Waals surface area contributed by atoms with Gasteiger partial charge in [0.1, 0.15) is 5.75 Å². The van der Waals surface area contributed by atoms with E-state index in [2.05, 4.69) is 30.4 Å². The molecule has 1 aliphatic heterocycles. The molecule has 0 aromatic heterocycles. The standard InChI is InChI=1S/C15H23NO2/c1-12(11-17-2)10-16-7-5-13-3-4-15-14(9-13)6-8-18-15/h3-4,9,12,16H,5-8,10-11H2,1-2H3. The molecule has 1 aromatic carbocycles. The molecule has 0 spiro atoms. The van der Waals surface area contributed by atoms with Crippen molar-refractivity contribution in [3.8, 4) is 5.75 Å². The molecule has 1 atom stereocenters. The second-order valence-electron chi connectivity index (χ2n) is 5.06. The number of hydrogen-bond acceptors (Lipinski definition) is 3. The SMILES string of the molecule is COCC(C)CNCCc1ccc2c(c1)CCO2. The topological polar surface area (TPSA) is 30.5 Å². The summed E-state index contributed by atoms with van der Waals surface area (Å²) in [6.07, 6.45) is 2.13. The summed E-state index contributed by atoms with van der Waals surface area (Å²) in [5.41, 5.74) is 2.76. The molecular weight excluding hydrogens is 226 g/mol. The second kappa shape index (κ2) is 6.76. The van der Waals surface area contributed by atoms with Crippen LogP contribution in [-0.4, -0.2) is 33.4 Å². The van der Waals surface area contributed by atoms with Crippen LogP contribution < -0.4 is 10.1 Å². The van der Waals surface area contributed by atoms with Crippen molar-refractivity contribution in [2.24, 2.45) is 5.92 Å². The van der Waals surface area contributed by atoms with Gasteiger partial charge in [-0.05, 0) is 42.6 Å². The minimum atomic E-state index is 0.573. The van der Waals surface area contributed by atoms with Crippen molar-refractivity contribution >= 4 is 0 Å². The molecule has 2 rings (SSSR count). The van der Waals surface area contributed by atoms with Crippen LogP contribution in [0.3, 0.4) is 0 Å². The number of hydrogen-bond donors (Lipinski definition) is 1. The fraction of sp³-hybridized carbons (Fsp3) is 0.600. The molecule has 0 fully saturated rings. The highest BCUT2D eigenvalue weighted by molar-refractivity contribution is 5.39. The Balaban J connectivity index is 1.70. The summed E-state index contributed by atoms with van der Waals surface area (Å²) in [7, 11) is 1.75. The van der Waals surface area contributed by atoms with Crippen LogP contribution in [0.15, 0.2) is 18.2 Å². The summed E-state index contributed by atoms with van der Waals surface area (Å²) in [6, 6.07) is 6.55. The monoisotopic (exact) mass is 249 g/mol. The van der Waals surface area contributed by atoms with Gasteiger partial charge in [0, 0.05) is 20.1 Å². The molecule has 18 heavy (non-hydrogen) atoms. The molecule has 0 bridgehead atoms. The highest BCUT2D eigenvalue weighted by Crippen LogP contribution is 2.25. The Morgan fingerprint density at radius 1 is 1.44 bits per heavy atom. The summed E-state index contributed by atoms with van der Waals surface area (Å²) >= 11 is 0. The van der Waals surface area contributed by atoms with Crippen LogP contribution in [-0.2, 0) is 17.6 Å². The van der Waals surface area contributed by atoms with Gasteiger partial charge < -0.3 is 14.8 Å². The van der Waals surface area contributed by atoms with E-state index in [1.807, 2.05) is 0 Å². The van der Waals surface area contributed by atoms with Gasteiger partial charge in [-0.1, -0.05) is 19.1 Å². The molecule has 100 valence electrons. The van der Waals surface area contributed by atoms with Gasteiger partial charge in [-0.15, -0.1) is 0 Å². The predicted molar refractivity (Wildman–Crippen MR) is 73.3 cm³/mol. The third-order valence-corrected chi connectivity index (χ3v) is 3.29. The van der Waals surface area contributed by atoms with Crippen molar-refractivity contribution in [2.45, 2.75) is 19.8 Å². The van der Waals surface area contributed by atoms with Crippen molar-refractivity contribution in [1.29, 1.82) is 0 Å². The molecule has 0 amide bonds. The Hall–Kier alpha value is -1.06. The maximum Gasteiger partial charge on any atom is 0.122 e. The van der Waals surface area contributed by atoms with Gasteiger partial charge in [0.2, 0.25) is 0 Å². The molecule has 3 nitrogen and oxygen atoms in total. The minimum Gasteiger partial charge on any atom is -0.493 e. The average Bonchev–Trinajstić information content (AvgIpc) is 2.82. The van der Waals surface area contributed by atoms with Crippen LogP contribution in [0.5, 0.6) is 5.75 Å². The Bertz CT molecular complexity index is 379. The van der Waals surface area contributed by atoms with Crippen molar-refractivity contribution in [3.63, 3.8) is 0 Å². The van der Waals surface area contributed by atoms with Crippen LogP contribution in [0.25, 0.3) is 0 Å². The molecule has 3 heteroatoms. The van der Waals surface area contributed by atoms with E-state index in [0.29, 0.717) is 5.92 Å². The number of rotatable bonds is 7. The average molecular weight is 249 g/mol. The lowest BCUT2D eigenvalue weighted by Gasteiger charge is -2.11. The number of ether oxygens (including phenoxy) is 2. The number of nitrogens with one attached hydrogen (secondary N) is 1. The highest BCUT2D eigenvalue weighted by Gasteiger charge is 2.11. The largest absolute Gasteiger partial charge is 0.493 e. The number of benzene rings is 1. The van der Waals surface area contributed by atoms with E-state index >= 15 is 0 Å². The summed E-state index contributed by atoms with van der Waals surface area (Å²) in [4.78, 5) is 0. The zero-order chi connectivity index (χ0) is 12.8. The third-order valence-electron chi connectivity index (χ3n) is 3.29. The first-order chi connectivity index (χ1) is 8.79. The highest BCUT2D eigenvalue weighted by atomic mass is 16.5.